The molecule has 0 bridgehead atoms. The number of hydrogen-bond acceptors (Lipinski definition) is 3. The molecule has 1 aliphatic rings. The summed E-state index contributed by atoms with van der Waals surface area (Å²) in [6.07, 6.45) is 0.215. The highest BCUT2D eigenvalue weighted by Crippen LogP contribution is 2.30. The summed E-state index contributed by atoms with van der Waals surface area (Å²) in [5.41, 5.74) is 6.03. The zero-order valence-electron chi connectivity index (χ0n) is 18.9. The number of hydrogen-bond donors (Lipinski definition) is 1. The Bertz CT molecular complexity index is 1170. The van der Waals surface area contributed by atoms with E-state index in [9.17, 15) is 9.59 Å². The summed E-state index contributed by atoms with van der Waals surface area (Å²) in [7, 11) is 0. The summed E-state index contributed by atoms with van der Waals surface area (Å²) >= 11 is 0. The Morgan fingerprint density at radius 3 is 2.44 bits per heavy atom. The van der Waals surface area contributed by atoms with E-state index in [1.165, 1.54) is 5.56 Å². The fraction of sp³-hybridized carbons (Fsp3) is 0.259. The lowest BCUT2D eigenvalue weighted by Gasteiger charge is -2.19. The third kappa shape index (κ3) is 4.52. The van der Waals surface area contributed by atoms with Gasteiger partial charge in [-0.25, -0.2) is 0 Å². The monoisotopic (exact) mass is 428 g/mol. The minimum absolute atomic E-state index is 0.0191. The molecule has 1 heterocycles. The maximum absolute atomic E-state index is 12.8. The summed E-state index contributed by atoms with van der Waals surface area (Å²) in [6, 6.07) is 19.3. The van der Waals surface area contributed by atoms with Crippen LogP contribution < -0.4 is 15.0 Å². The van der Waals surface area contributed by atoms with Gasteiger partial charge >= 0.3 is 0 Å². The number of carbonyl (C=O) groups excluding carboxylic acids is 2. The van der Waals surface area contributed by atoms with Gasteiger partial charge in [-0.1, -0.05) is 29.8 Å². The lowest BCUT2D eigenvalue weighted by molar-refractivity contribution is -0.122. The SMILES string of the molecule is Cc1ccc(N2C[C@H](C(=O)Nc3ccc(Oc4cccc(C)c4C)cc3)CC2=O)c(C)c1. The molecule has 0 unspecified atom stereocenters. The summed E-state index contributed by atoms with van der Waals surface area (Å²) < 4.78 is 5.98. The van der Waals surface area contributed by atoms with Gasteiger partial charge < -0.3 is 15.0 Å². The van der Waals surface area contributed by atoms with Crippen molar-refractivity contribution in [2.24, 2.45) is 5.92 Å². The molecule has 5 nitrogen and oxygen atoms in total. The summed E-state index contributed by atoms with van der Waals surface area (Å²) in [5, 5.41) is 2.94. The number of nitrogens with zero attached hydrogens (tertiary/aromatic N) is 1. The molecule has 1 saturated heterocycles. The normalized spacial score (nSPS) is 15.7. The van der Waals surface area contributed by atoms with Crippen LogP contribution in [0.25, 0.3) is 0 Å². The number of aryl methyl sites for hydroxylation is 3. The van der Waals surface area contributed by atoms with Crippen molar-refractivity contribution in [3.8, 4) is 11.5 Å². The number of carbonyl (C=O) groups is 2. The van der Waals surface area contributed by atoms with Gasteiger partial charge in [0.25, 0.3) is 0 Å². The van der Waals surface area contributed by atoms with Crippen LogP contribution in [0, 0.1) is 33.6 Å². The number of rotatable bonds is 5. The molecular formula is C27H28N2O3. The van der Waals surface area contributed by atoms with Crippen LogP contribution in [0.1, 0.15) is 28.7 Å². The average molecular weight is 429 g/mol. The molecule has 3 aromatic carbocycles. The highest BCUT2D eigenvalue weighted by molar-refractivity contribution is 6.03. The first-order chi connectivity index (χ1) is 15.3. The van der Waals surface area contributed by atoms with E-state index in [-0.39, 0.29) is 24.2 Å². The van der Waals surface area contributed by atoms with Gasteiger partial charge in [-0.3, -0.25) is 9.59 Å². The van der Waals surface area contributed by atoms with Crippen LogP contribution in [0.4, 0.5) is 11.4 Å². The summed E-state index contributed by atoms with van der Waals surface area (Å²) in [5.74, 6) is 0.976. The van der Waals surface area contributed by atoms with Crippen LogP contribution >= 0.6 is 0 Å². The molecule has 0 aromatic heterocycles. The van der Waals surface area contributed by atoms with E-state index in [1.807, 2.05) is 69.3 Å². The molecular weight excluding hydrogens is 400 g/mol. The van der Waals surface area contributed by atoms with E-state index < -0.39 is 0 Å². The molecule has 1 fully saturated rings. The number of nitrogens with one attached hydrogen (secondary N) is 1. The van der Waals surface area contributed by atoms with Crippen molar-refractivity contribution in [2.45, 2.75) is 34.1 Å². The van der Waals surface area contributed by atoms with E-state index >= 15 is 0 Å². The molecule has 4 rings (SSSR count). The Morgan fingerprint density at radius 1 is 0.969 bits per heavy atom. The minimum atomic E-state index is -0.380. The van der Waals surface area contributed by atoms with Gasteiger partial charge in [-0.15, -0.1) is 0 Å². The quantitative estimate of drug-likeness (QED) is 0.567. The molecule has 1 aliphatic heterocycles. The molecule has 0 radical (unpaired) electrons. The first kappa shape index (κ1) is 21.6. The van der Waals surface area contributed by atoms with Crippen molar-refractivity contribution in [2.75, 3.05) is 16.8 Å². The lowest BCUT2D eigenvalue weighted by Crippen LogP contribution is -2.28. The third-order valence-electron chi connectivity index (χ3n) is 6.04. The van der Waals surface area contributed by atoms with Gasteiger partial charge in [0.15, 0.2) is 0 Å². The van der Waals surface area contributed by atoms with Gasteiger partial charge in [0, 0.05) is 24.3 Å². The molecule has 164 valence electrons. The van der Waals surface area contributed by atoms with E-state index in [2.05, 4.69) is 24.4 Å². The van der Waals surface area contributed by atoms with Crippen LogP contribution in [0.15, 0.2) is 60.7 Å². The number of anilines is 2. The molecule has 3 aromatic rings. The lowest BCUT2D eigenvalue weighted by atomic mass is 10.1. The van der Waals surface area contributed by atoms with Crippen molar-refractivity contribution in [1.29, 1.82) is 0 Å². The Hall–Kier alpha value is -3.60. The Kier molecular flexibility index (Phi) is 5.99. The zero-order chi connectivity index (χ0) is 22.8. The molecule has 0 saturated carbocycles. The van der Waals surface area contributed by atoms with Gasteiger partial charge in [0.1, 0.15) is 11.5 Å². The first-order valence-electron chi connectivity index (χ1n) is 10.8. The van der Waals surface area contributed by atoms with Gasteiger partial charge in [-0.05, 0) is 80.8 Å². The van der Waals surface area contributed by atoms with Crippen molar-refractivity contribution < 1.29 is 14.3 Å². The van der Waals surface area contributed by atoms with Crippen molar-refractivity contribution in [3.05, 3.63) is 82.9 Å². The molecule has 32 heavy (non-hydrogen) atoms. The van der Waals surface area contributed by atoms with Crippen LogP contribution in [-0.2, 0) is 9.59 Å². The second-order valence-corrected chi connectivity index (χ2v) is 8.51. The molecule has 0 spiro atoms. The minimum Gasteiger partial charge on any atom is -0.457 e. The van der Waals surface area contributed by atoms with Crippen molar-refractivity contribution >= 4 is 23.2 Å². The predicted octanol–water partition coefficient (Wildman–Crippen LogP) is 5.70. The topological polar surface area (TPSA) is 58.6 Å². The average Bonchev–Trinajstić information content (AvgIpc) is 3.14. The molecule has 1 N–H and O–H groups in total. The maximum atomic E-state index is 12.8. The van der Waals surface area contributed by atoms with Crippen LogP contribution in [0.5, 0.6) is 11.5 Å². The molecule has 1 atom stereocenters. The van der Waals surface area contributed by atoms with Gasteiger partial charge in [0.05, 0.1) is 5.92 Å². The fourth-order valence-electron chi connectivity index (χ4n) is 4.04. The number of ether oxygens (including phenoxy) is 1. The second kappa shape index (κ2) is 8.87. The Labute approximate surface area is 189 Å². The molecule has 2 amide bonds. The van der Waals surface area contributed by atoms with Crippen LogP contribution in [-0.4, -0.2) is 18.4 Å². The van der Waals surface area contributed by atoms with Crippen molar-refractivity contribution in [3.63, 3.8) is 0 Å². The van der Waals surface area contributed by atoms with Gasteiger partial charge in [-0.2, -0.15) is 0 Å². The summed E-state index contributed by atoms with van der Waals surface area (Å²) in [6.45, 7) is 8.49. The van der Waals surface area contributed by atoms with E-state index in [0.29, 0.717) is 18.0 Å². The van der Waals surface area contributed by atoms with Crippen LogP contribution in [0.3, 0.4) is 0 Å². The van der Waals surface area contributed by atoms with E-state index in [4.69, 9.17) is 4.74 Å². The number of amides is 2. The largest absolute Gasteiger partial charge is 0.457 e. The zero-order valence-corrected chi connectivity index (χ0v) is 18.9. The predicted molar refractivity (Wildman–Crippen MR) is 127 cm³/mol. The number of benzene rings is 3. The first-order valence-corrected chi connectivity index (χ1v) is 10.8. The van der Waals surface area contributed by atoms with Crippen molar-refractivity contribution in [1.82, 2.24) is 0 Å². The third-order valence-corrected chi connectivity index (χ3v) is 6.04. The molecule has 5 heteroatoms. The smallest absolute Gasteiger partial charge is 0.229 e. The summed E-state index contributed by atoms with van der Waals surface area (Å²) in [4.78, 5) is 27.1. The highest BCUT2D eigenvalue weighted by Gasteiger charge is 2.35. The Balaban J connectivity index is 1.40. The maximum Gasteiger partial charge on any atom is 0.229 e. The van der Waals surface area contributed by atoms with E-state index in [0.717, 1.165) is 28.1 Å². The standard InChI is InChI=1S/C27H28N2O3/c1-17-8-13-24(19(3)14-17)29-16-21(15-26(29)30)27(31)28-22-9-11-23(12-10-22)32-25-7-5-6-18(2)20(25)4/h5-14,21H,15-16H2,1-4H3,(H,28,31)/t21-/m1/s1. The molecule has 0 aliphatic carbocycles. The Morgan fingerprint density at radius 2 is 1.72 bits per heavy atom. The van der Waals surface area contributed by atoms with Crippen LogP contribution in [0.2, 0.25) is 0 Å². The highest BCUT2D eigenvalue weighted by atomic mass is 16.5. The fourth-order valence-corrected chi connectivity index (χ4v) is 4.04. The second-order valence-electron chi connectivity index (χ2n) is 8.51. The van der Waals surface area contributed by atoms with E-state index in [1.54, 1.807) is 4.90 Å². The van der Waals surface area contributed by atoms with Gasteiger partial charge in [0.2, 0.25) is 11.8 Å².